The number of hydrogen-bond acceptors (Lipinski definition) is 3. The minimum absolute atomic E-state index is 0.0562. The highest BCUT2D eigenvalue weighted by molar-refractivity contribution is 5.65. The van der Waals surface area contributed by atoms with Gasteiger partial charge in [0.25, 0.3) is 0 Å². The summed E-state index contributed by atoms with van der Waals surface area (Å²) in [6.07, 6.45) is 0. The van der Waals surface area contributed by atoms with Gasteiger partial charge in [0.15, 0.2) is 0 Å². The van der Waals surface area contributed by atoms with Crippen LogP contribution in [-0.2, 0) is 6.61 Å². The zero-order valence-electron chi connectivity index (χ0n) is 11.5. The summed E-state index contributed by atoms with van der Waals surface area (Å²) >= 11 is 0. The predicted octanol–water partition coefficient (Wildman–Crippen LogP) is 3.28. The first-order valence-corrected chi connectivity index (χ1v) is 6.37. The molecule has 0 amide bonds. The molecule has 0 aliphatic rings. The lowest BCUT2D eigenvalue weighted by molar-refractivity contribution is 0.305. The number of rotatable bonds is 6. The van der Waals surface area contributed by atoms with E-state index in [-0.39, 0.29) is 6.61 Å². The first-order chi connectivity index (χ1) is 9.72. The van der Waals surface area contributed by atoms with Crippen LogP contribution in [0, 0.1) is 0 Å². The smallest absolute Gasteiger partial charge is 0.120 e. The van der Waals surface area contributed by atoms with Crippen LogP contribution >= 0.6 is 0 Å². The van der Waals surface area contributed by atoms with E-state index >= 15 is 0 Å². The highest BCUT2D eigenvalue weighted by Gasteiger charge is 2.01. The van der Waals surface area contributed by atoms with Crippen LogP contribution in [0.5, 0.6) is 11.5 Å². The molecule has 0 fully saturated rings. The largest absolute Gasteiger partial charge is 0.497 e. The van der Waals surface area contributed by atoms with Gasteiger partial charge in [-0.25, -0.2) is 0 Å². The SMILES string of the molecule is C=C(CO)c1cccc(OCc2cccc(OC)c2)c1. The van der Waals surface area contributed by atoms with Crippen molar-refractivity contribution in [2.45, 2.75) is 6.61 Å². The van der Waals surface area contributed by atoms with Crippen LogP contribution in [0.3, 0.4) is 0 Å². The Hall–Kier alpha value is -2.26. The molecule has 0 unspecified atom stereocenters. The van der Waals surface area contributed by atoms with Crippen LogP contribution in [0.15, 0.2) is 55.1 Å². The summed E-state index contributed by atoms with van der Waals surface area (Å²) in [6.45, 7) is 4.21. The molecule has 104 valence electrons. The molecule has 0 aliphatic carbocycles. The van der Waals surface area contributed by atoms with E-state index in [9.17, 15) is 0 Å². The molecule has 0 saturated heterocycles. The van der Waals surface area contributed by atoms with E-state index in [1.807, 2.05) is 48.5 Å². The average molecular weight is 270 g/mol. The second-order valence-corrected chi connectivity index (χ2v) is 4.43. The van der Waals surface area contributed by atoms with Gasteiger partial charge in [0, 0.05) is 0 Å². The number of aliphatic hydroxyl groups is 1. The molecule has 3 nitrogen and oxygen atoms in total. The zero-order chi connectivity index (χ0) is 14.4. The molecule has 1 N–H and O–H groups in total. The van der Waals surface area contributed by atoms with Gasteiger partial charge in [0.05, 0.1) is 13.7 Å². The first-order valence-electron chi connectivity index (χ1n) is 6.37. The Bertz CT molecular complexity index is 590. The number of ether oxygens (including phenoxy) is 2. The third-order valence-electron chi connectivity index (χ3n) is 2.97. The van der Waals surface area contributed by atoms with Gasteiger partial charge in [-0.2, -0.15) is 0 Å². The molecule has 0 atom stereocenters. The van der Waals surface area contributed by atoms with E-state index < -0.39 is 0 Å². The molecule has 0 spiro atoms. The monoisotopic (exact) mass is 270 g/mol. The molecule has 0 saturated carbocycles. The summed E-state index contributed by atoms with van der Waals surface area (Å²) in [7, 11) is 1.64. The fraction of sp³-hybridized carbons (Fsp3) is 0.176. The maximum absolute atomic E-state index is 9.09. The molecule has 2 aromatic carbocycles. The standard InChI is InChI=1S/C17H18O3/c1-13(11-18)15-6-4-8-17(10-15)20-12-14-5-3-7-16(9-14)19-2/h3-10,18H,1,11-12H2,2H3. The lowest BCUT2D eigenvalue weighted by Gasteiger charge is -2.09. The Labute approximate surface area is 119 Å². The van der Waals surface area contributed by atoms with Crippen LogP contribution in [0.1, 0.15) is 11.1 Å². The van der Waals surface area contributed by atoms with Gasteiger partial charge in [-0.1, -0.05) is 30.8 Å². The minimum Gasteiger partial charge on any atom is -0.497 e. The third-order valence-corrected chi connectivity index (χ3v) is 2.97. The van der Waals surface area contributed by atoms with Crippen molar-refractivity contribution in [3.63, 3.8) is 0 Å². The average Bonchev–Trinajstić information content (AvgIpc) is 2.52. The van der Waals surface area contributed by atoms with Crippen molar-refractivity contribution in [1.29, 1.82) is 0 Å². The molecule has 0 radical (unpaired) electrons. The fourth-order valence-corrected chi connectivity index (χ4v) is 1.83. The quantitative estimate of drug-likeness (QED) is 0.875. The fourth-order valence-electron chi connectivity index (χ4n) is 1.83. The summed E-state index contributed by atoms with van der Waals surface area (Å²) in [5.41, 5.74) is 2.60. The Kier molecular flexibility index (Phi) is 4.80. The van der Waals surface area contributed by atoms with E-state index in [1.165, 1.54) is 0 Å². The zero-order valence-corrected chi connectivity index (χ0v) is 11.5. The lowest BCUT2D eigenvalue weighted by Crippen LogP contribution is -1.97. The van der Waals surface area contributed by atoms with Gasteiger partial charge in [0.2, 0.25) is 0 Å². The van der Waals surface area contributed by atoms with Crippen LogP contribution in [0.2, 0.25) is 0 Å². The summed E-state index contributed by atoms with van der Waals surface area (Å²) in [6, 6.07) is 15.3. The van der Waals surface area contributed by atoms with Gasteiger partial charge < -0.3 is 14.6 Å². The van der Waals surface area contributed by atoms with Crippen molar-refractivity contribution in [1.82, 2.24) is 0 Å². The van der Waals surface area contributed by atoms with Gasteiger partial charge in [-0.05, 0) is 41.0 Å². The van der Waals surface area contributed by atoms with Crippen molar-refractivity contribution in [3.8, 4) is 11.5 Å². The molecular weight excluding hydrogens is 252 g/mol. The molecular formula is C17H18O3. The summed E-state index contributed by atoms with van der Waals surface area (Å²) in [5, 5.41) is 9.09. The highest BCUT2D eigenvalue weighted by atomic mass is 16.5. The van der Waals surface area contributed by atoms with Crippen molar-refractivity contribution < 1.29 is 14.6 Å². The maximum Gasteiger partial charge on any atom is 0.120 e. The number of aliphatic hydroxyl groups excluding tert-OH is 1. The van der Waals surface area contributed by atoms with Gasteiger partial charge >= 0.3 is 0 Å². The Balaban J connectivity index is 2.05. The molecule has 0 heterocycles. The second-order valence-electron chi connectivity index (χ2n) is 4.43. The van der Waals surface area contributed by atoms with Gasteiger partial charge in [0.1, 0.15) is 18.1 Å². The Morgan fingerprint density at radius 1 is 1.10 bits per heavy atom. The van der Waals surface area contributed by atoms with E-state index in [0.717, 1.165) is 22.6 Å². The van der Waals surface area contributed by atoms with Crippen molar-refractivity contribution in [3.05, 3.63) is 66.2 Å². The minimum atomic E-state index is -0.0562. The van der Waals surface area contributed by atoms with E-state index in [2.05, 4.69) is 6.58 Å². The number of methoxy groups -OCH3 is 1. The molecule has 0 aromatic heterocycles. The van der Waals surface area contributed by atoms with Crippen LogP contribution in [-0.4, -0.2) is 18.8 Å². The van der Waals surface area contributed by atoms with Crippen LogP contribution < -0.4 is 9.47 Å². The number of hydrogen-bond donors (Lipinski definition) is 1. The summed E-state index contributed by atoms with van der Waals surface area (Å²) < 4.78 is 10.9. The van der Waals surface area contributed by atoms with E-state index in [0.29, 0.717) is 12.2 Å². The summed E-state index contributed by atoms with van der Waals surface area (Å²) in [5.74, 6) is 1.56. The molecule has 3 heteroatoms. The topological polar surface area (TPSA) is 38.7 Å². The summed E-state index contributed by atoms with van der Waals surface area (Å²) in [4.78, 5) is 0. The number of benzene rings is 2. The first kappa shape index (κ1) is 14.2. The molecule has 20 heavy (non-hydrogen) atoms. The molecule has 0 aliphatic heterocycles. The van der Waals surface area contributed by atoms with Crippen LogP contribution in [0.25, 0.3) is 5.57 Å². The molecule has 2 aromatic rings. The molecule has 0 bridgehead atoms. The molecule has 2 rings (SSSR count). The maximum atomic E-state index is 9.09. The van der Waals surface area contributed by atoms with E-state index in [1.54, 1.807) is 7.11 Å². The van der Waals surface area contributed by atoms with Crippen molar-refractivity contribution >= 4 is 5.57 Å². The lowest BCUT2D eigenvalue weighted by atomic mass is 10.1. The highest BCUT2D eigenvalue weighted by Crippen LogP contribution is 2.20. The Morgan fingerprint density at radius 2 is 1.85 bits per heavy atom. The normalized spacial score (nSPS) is 10.1. The van der Waals surface area contributed by atoms with E-state index in [4.69, 9.17) is 14.6 Å². The van der Waals surface area contributed by atoms with Gasteiger partial charge in [-0.15, -0.1) is 0 Å². The third kappa shape index (κ3) is 3.62. The van der Waals surface area contributed by atoms with Crippen molar-refractivity contribution in [2.75, 3.05) is 13.7 Å². The van der Waals surface area contributed by atoms with Crippen LogP contribution in [0.4, 0.5) is 0 Å². The second kappa shape index (κ2) is 6.78. The van der Waals surface area contributed by atoms with Crippen molar-refractivity contribution in [2.24, 2.45) is 0 Å². The predicted molar refractivity (Wildman–Crippen MR) is 79.9 cm³/mol. The van der Waals surface area contributed by atoms with Gasteiger partial charge in [-0.3, -0.25) is 0 Å². The Morgan fingerprint density at radius 3 is 2.60 bits per heavy atom.